The minimum atomic E-state index is -0.768. The maximum atomic E-state index is 12.8. The first-order chi connectivity index (χ1) is 14.5. The van der Waals surface area contributed by atoms with Crippen molar-refractivity contribution in [2.24, 2.45) is 0 Å². The molecule has 0 saturated heterocycles. The van der Waals surface area contributed by atoms with Gasteiger partial charge in [-0.3, -0.25) is 4.79 Å². The third-order valence-electron chi connectivity index (χ3n) is 5.15. The fourth-order valence-electron chi connectivity index (χ4n) is 3.21. The smallest absolute Gasteiger partial charge is 0.316 e. The largest absolute Gasteiger partial charge is 0.458 e. The van der Waals surface area contributed by atoms with Gasteiger partial charge in [0.25, 0.3) is 0 Å². The molecule has 148 valence electrons. The van der Waals surface area contributed by atoms with E-state index in [1.807, 2.05) is 67.8 Å². The predicted molar refractivity (Wildman–Crippen MR) is 119 cm³/mol. The van der Waals surface area contributed by atoms with Crippen LogP contribution in [0.4, 0.5) is 0 Å². The lowest BCUT2D eigenvalue weighted by Crippen LogP contribution is -2.31. The molecule has 1 heterocycles. The van der Waals surface area contributed by atoms with E-state index < -0.39 is 5.41 Å². The van der Waals surface area contributed by atoms with E-state index in [1.54, 1.807) is 12.1 Å². The second-order valence-electron chi connectivity index (χ2n) is 7.60. The molecule has 0 aliphatic rings. The first kappa shape index (κ1) is 19.8. The molecule has 0 unspecified atom stereocenters. The number of ether oxygens (including phenoxy) is 1. The van der Waals surface area contributed by atoms with E-state index in [-0.39, 0.29) is 12.6 Å². The number of nitrogens with zero attached hydrogens (tertiary/aromatic N) is 2. The second kappa shape index (κ2) is 8.10. The van der Waals surface area contributed by atoms with Gasteiger partial charge >= 0.3 is 5.97 Å². The van der Waals surface area contributed by atoms with Gasteiger partial charge in [0.05, 0.1) is 22.7 Å². The molecule has 5 heteroatoms. The zero-order chi connectivity index (χ0) is 21.1. The standard InChI is InChI=1S/C25H20N2O2S/c1-25(2,21-12-11-18-5-3-4-6-20(18)13-21)24(28)29-15-22-16-30-23(27-22)19-9-7-17(14-26)8-10-19/h3-13,16H,15H2,1-2H3. The molecule has 30 heavy (non-hydrogen) atoms. The van der Waals surface area contributed by atoms with Crippen molar-refractivity contribution >= 4 is 28.1 Å². The fourth-order valence-corrected chi connectivity index (χ4v) is 4.02. The molecular formula is C25H20N2O2S. The molecular weight excluding hydrogens is 392 g/mol. The van der Waals surface area contributed by atoms with Gasteiger partial charge in [0.1, 0.15) is 11.6 Å². The fraction of sp³-hybridized carbons (Fsp3) is 0.160. The Labute approximate surface area is 179 Å². The maximum absolute atomic E-state index is 12.8. The van der Waals surface area contributed by atoms with Crippen LogP contribution in [0.5, 0.6) is 0 Å². The van der Waals surface area contributed by atoms with Crippen LogP contribution < -0.4 is 0 Å². The number of rotatable bonds is 5. The lowest BCUT2D eigenvalue weighted by atomic mass is 9.84. The van der Waals surface area contributed by atoms with Crippen molar-refractivity contribution in [3.63, 3.8) is 0 Å². The predicted octanol–water partition coefficient (Wildman–Crippen LogP) is 5.86. The number of aromatic nitrogens is 1. The summed E-state index contributed by atoms with van der Waals surface area (Å²) in [6.45, 7) is 3.88. The van der Waals surface area contributed by atoms with Crippen molar-refractivity contribution in [1.29, 1.82) is 5.26 Å². The van der Waals surface area contributed by atoms with Crippen molar-refractivity contribution in [3.05, 3.63) is 88.9 Å². The summed E-state index contributed by atoms with van der Waals surface area (Å²) in [6, 6.07) is 23.5. The van der Waals surface area contributed by atoms with Gasteiger partial charge in [0.2, 0.25) is 0 Å². The lowest BCUT2D eigenvalue weighted by molar-refractivity contribution is -0.150. The summed E-state index contributed by atoms with van der Waals surface area (Å²) in [5.41, 5.74) is 2.41. The number of fused-ring (bicyclic) bond motifs is 1. The molecule has 3 aromatic carbocycles. The normalized spacial score (nSPS) is 11.2. The molecule has 0 amide bonds. The molecule has 0 bridgehead atoms. The molecule has 0 atom stereocenters. The Bertz CT molecular complexity index is 1250. The molecule has 1 aromatic heterocycles. The van der Waals surface area contributed by atoms with Crippen LogP contribution in [-0.2, 0) is 21.6 Å². The molecule has 4 nitrogen and oxygen atoms in total. The van der Waals surface area contributed by atoms with Crippen molar-refractivity contribution in [2.45, 2.75) is 25.9 Å². The molecule has 0 aliphatic carbocycles. The highest BCUT2D eigenvalue weighted by atomic mass is 32.1. The summed E-state index contributed by atoms with van der Waals surface area (Å²) in [6.07, 6.45) is 0. The monoisotopic (exact) mass is 412 g/mol. The summed E-state index contributed by atoms with van der Waals surface area (Å²) >= 11 is 1.49. The molecule has 4 rings (SSSR count). The highest BCUT2D eigenvalue weighted by Gasteiger charge is 2.32. The Morgan fingerprint density at radius 3 is 2.53 bits per heavy atom. The van der Waals surface area contributed by atoms with Gasteiger partial charge in [-0.1, -0.05) is 54.6 Å². The van der Waals surface area contributed by atoms with Crippen LogP contribution in [0, 0.1) is 11.3 Å². The van der Waals surface area contributed by atoms with Crippen LogP contribution in [0.25, 0.3) is 21.3 Å². The van der Waals surface area contributed by atoms with Gasteiger partial charge in [-0.15, -0.1) is 11.3 Å². The average Bonchev–Trinajstić information content (AvgIpc) is 3.26. The summed E-state index contributed by atoms with van der Waals surface area (Å²) in [4.78, 5) is 17.4. The minimum Gasteiger partial charge on any atom is -0.458 e. The average molecular weight is 413 g/mol. The van der Waals surface area contributed by atoms with E-state index in [9.17, 15) is 4.79 Å². The second-order valence-corrected chi connectivity index (χ2v) is 8.45. The van der Waals surface area contributed by atoms with E-state index in [2.05, 4.69) is 17.1 Å². The Hall–Kier alpha value is -3.49. The van der Waals surface area contributed by atoms with Gasteiger partial charge in [-0.2, -0.15) is 5.26 Å². The van der Waals surface area contributed by atoms with Gasteiger partial charge in [-0.05, 0) is 42.3 Å². The van der Waals surface area contributed by atoms with E-state index >= 15 is 0 Å². The zero-order valence-electron chi connectivity index (χ0n) is 16.8. The van der Waals surface area contributed by atoms with E-state index in [4.69, 9.17) is 10.00 Å². The Morgan fingerprint density at radius 1 is 1.07 bits per heavy atom. The summed E-state index contributed by atoms with van der Waals surface area (Å²) in [5, 5.41) is 13.9. The molecule has 0 aliphatic heterocycles. The highest BCUT2D eigenvalue weighted by Crippen LogP contribution is 2.29. The maximum Gasteiger partial charge on any atom is 0.316 e. The number of carbonyl (C=O) groups excluding carboxylic acids is 1. The molecule has 4 aromatic rings. The third kappa shape index (κ3) is 3.96. The third-order valence-corrected chi connectivity index (χ3v) is 6.09. The van der Waals surface area contributed by atoms with Crippen molar-refractivity contribution in [1.82, 2.24) is 4.98 Å². The van der Waals surface area contributed by atoms with Gasteiger partial charge in [0.15, 0.2) is 0 Å². The van der Waals surface area contributed by atoms with Crippen molar-refractivity contribution in [2.75, 3.05) is 0 Å². The van der Waals surface area contributed by atoms with Crippen molar-refractivity contribution < 1.29 is 9.53 Å². The van der Waals surface area contributed by atoms with Crippen LogP contribution >= 0.6 is 11.3 Å². The summed E-state index contributed by atoms with van der Waals surface area (Å²) < 4.78 is 5.61. The van der Waals surface area contributed by atoms with Crippen LogP contribution in [0.15, 0.2) is 72.1 Å². The number of hydrogen-bond acceptors (Lipinski definition) is 5. The van der Waals surface area contributed by atoms with Crippen LogP contribution in [0.3, 0.4) is 0 Å². The molecule has 0 saturated carbocycles. The lowest BCUT2D eigenvalue weighted by Gasteiger charge is -2.23. The number of esters is 1. The highest BCUT2D eigenvalue weighted by molar-refractivity contribution is 7.13. The number of nitriles is 1. The van der Waals surface area contributed by atoms with Crippen LogP contribution in [0.2, 0.25) is 0 Å². The van der Waals surface area contributed by atoms with E-state index in [1.165, 1.54) is 11.3 Å². The minimum absolute atomic E-state index is 0.128. The van der Waals surface area contributed by atoms with Crippen LogP contribution in [0.1, 0.15) is 30.7 Å². The molecule has 0 N–H and O–H groups in total. The zero-order valence-corrected chi connectivity index (χ0v) is 17.6. The van der Waals surface area contributed by atoms with Gasteiger partial charge in [-0.25, -0.2) is 4.98 Å². The molecule has 0 spiro atoms. The van der Waals surface area contributed by atoms with E-state index in [0.717, 1.165) is 26.9 Å². The summed E-state index contributed by atoms with van der Waals surface area (Å²) in [5.74, 6) is -0.286. The summed E-state index contributed by atoms with van der Waals surface area (Å²) in [7, 11) is 0. The number of carbonyl (C=O) groups is 1. The first-order valence-electron chi connectivity index (χ1n) is 9.59. The molecule has 0 radical (unpaired) electrons. The number of hydrogen-bond donors (Lipinski definition) is 0. The first-order valence-corrected chi connectivity index (χ1v) is 10.5. The topological polar surface area (TPSA) is 63.0 Å². The quantitative estimate of drug-likeness (QED) is 0.385. The Kier molecular flexibility index (Phi) is 5.35. The number of benzene rings is 3. The van der Waals surface area contributed by atoms with Gasteiger partial charge < -0.3 is 4.74 Å². The number of thiazole rings is 1. The van der Waals surface area contributed by atoms with Crippen molar-refractivity contribution in [3.8, 4) is 16.6 Å². The molecule has 0 fully saturated rings. The Balaban J connectivity index is 1.45. The van der Waals surface area contributed by atoms with E-state index in [0.29, 0.717) is 11.3 Å². The van der Waals surface area contributed by atoms with Crippen LogP contribution in [-0.4, -0.2) is 11.0 Å². The Morgan fingerprint density at radius 2 is 1.80 bits per heavy atom. The SMILES string of the molecule is CC(C)(C(=O)OCc1csc(-c2ccc(C#N)cc2)n1)c1ccc2ccccc2c1. The van der Waals surface area contributed by atoms with Gasteiger partial charge in [0, 0.05) is 10.9 Å².